The number of Topliss-reactive ketones (excluding diaryl/α,β-unsaturated/α-hetero) is 1. The van der Waals surface area contributed by atoms with Crippen molar-refractivity contribution < 1.29 is 4.79 Å². The number of likely N-dealkylation sites (N-methyl/N-ethyl adjacent to an activating group) is 1. The van der Waals surface area contributed by atoms with E-state index in [0.29, 0.717) is 55.5 Å². The first-order chi connectivity index (χ1) is 12.4. The van der Waals surface area contributed by atoms with Crippen LogP contribution in [0.4, 0.5) is 0 Å². The van der Waals surface area contributed by atoms with E-state index in [0.717, 1.165) is 0 Å². The molecule has 0 atom stereocenters. The number of benzene rings is 2. The number of nitrogens with zero attached hydrogens (tertiary/aromatic N) is 1. The summed E-state index contributed by atoms with van der Waals surface area (Å²) in [7, 11) is 1.94. The van der Waals surface area contributed by atoms with Crippen LogP contribution in [0.2, 0.25) is 20.1 Å². The number of likely N-dealkylation sites (tertiary alicyclic amines) is 1. The van der Waals surface area contributed by atoms with E-state index < -0.39 is 0 Å². The van der Waals surface area contributed by atoms with Gasteiger partial charge < -0.3 is 0 Å². The van der Waals surface area contributed by atoms with Crippen molar-refractivity contribution in [2.75, 3.05) is 20.1 Å². The molecule has 0 radical (unpaired) electrons. The molecule has 1 aliphatic heterocycles. The van der Waals surface area contributed by atoms with Crippen LogP contribution < -0.4 is 0 Å². The predicted molar refractivity (Wildman–Crippen MR) is 111 cm³/mol. The van der Waals surface area contributed by atoms with E-state index in [2.05, 4.69) is 0 Å². The first-order valence-electron chi connectivity index (χ1n) is 7.89. The molecule has 1 fully saturated rings. The lowest BCUT2D eigenvalue weighted by Crippen LogP contribution is -2.34. The van der Waals surface area contributed by atoms with Gasteiger partial charge in [0.1, 0.15) is 0 Å². The van der Waals surface area contributed by atoms with Crippen molar-refractivity contribution in [3.8, 4) is 0 Å². The Morgan fingerprint density at radius 2 is 1.12 bits per heavy atom. The predicted octanol–water partition coefficient (Wildman–Crippen LogP) is 6.28. The highest BCUT2D eigenvalue weighted by Crippen LogP contribution is 2.31. The monoisotopic (exact) mass is 425 g/mol. The minimum atomic E-state index is -0.0601. The molecular formula is C20H15Cl4NO. The van der Waals surface area contributed by atoms with Gasteiger partial charge in [0.15, 0.2) is 5.78 Å². The van der Waals surface area contributed by atoms with Crippen LogP contribution in [0.1, 0.15) is 11.1 Å². The second kappa shape index (κ2) is 8.16. The van der Waals surface area contributed by atoms with Gasteiger partial charge in [0.25, 0.3) is 0 Å². The first kappa shape index (κ1) is 19.5. The fourth-order valence-electron chi connectivity index (χ4n) is 2.86. The summed E-state index contributed by atoms with van der Waals surface area (Å²) in [6, 6.07) is 10.5. The summed E-state index contributed by atoms with van der Waals surface area (Å²) in [4.78, 5) is 15.0. The molecule has 3 rings (SSSR count). The number of hydrogen-bond acceptors (Lipinski definition) is 2. The Hall–Kier alpha value is -1.29. The zero-order valence-electron chi connectivity index (χ0n) is 13.9. The molecule has 0 spiro atoms. The number of hydrogen-bond donors (Lipinski definition) is 0. The molecule has 1 saturated heterocycles. The number of carbonyl (C=O) groups excluding carboxylic acids is 1. The highest BCUT2D eigenvalue weighted by molar-refractivity contribution is 6.38. The number of carbonyl (C=O) groups is 1. The smallest absolute Gasteiger partial charge is 0.187 e. The van der Waals surface area contributed by atoms with Gasteiger partial charge in [0.2, 0.25) is 0 Å². The van der Waals surface area contributed by atoms with Gasteiger partial charge in [-0.2, -0.15) is 0 Å². The summed E-state index contributed by atoms with van der Waals surface area (Å²) in [6.07, 6.45) is 3.51. The Balaban J connectivity index is 2.04. The maximum atomic E-state index is 13.0. The van der Waals surface area contributed by atoms with Crippen LogP contribution in [0, 0.1) is 0 Å². The van der Waals surface area contributed by atoms with E-state index in [1.165, 1.54) is 0 Å². The Morgan fingerprint density at radius 1 is 0.769 bits per heavy atom. The minimum absolute atomic E-state index is 0.0601. The zero-order chi connectivity index (χ0) is 18.8. The summed E-state index contributed by atoms with van der Waals surface area (Å²) in [5.41, 5.74) is 2.51. The third kappa shape index (κ3) is 4.16. The van der Waals surface area contributed by atoms with E-state index in [-0.39, 0.29) is 5.78 Å². The molecule has 0 bridgehead atoms. The van der Waals surface area contributed by atoms with Crippen LogP contribution >= 0.6 is 46.4 Å². The highest BCUT2D eigenvalue weighted by atomic mass is 35.5. The normalized spacial score (nSPS) is 18.7. The molecule has 134 valence electrons. The molecule has 0 amide bonds. The summed E-state index contributed by atoms with van der Waals surface area (Å²) in [6.45, 7) is 1.02. The van der Waals surface area contributed by atoms with Gasteiger partial charge in [0, 0.05) is 55.5 Å². The van der Waals surface area contributed by atoms with Crippen molar-refractivity contribution in [2.24, 2.45) is 0 Å². The molecule has 0 unspecified atom stereocenters. The quantitative estimate of drug-likeness (QED) is 0.526. The molecule has 2 aromatic carbocycles. The van der Waals surface area contributed by atoms with E-state index in [1.54, 1.807) is 48.6 Å². The van der Waals surface area contributed by atoms with Crippen molar-refractivity contribution in [1.82, 2.24) is 4.90 Å². The third-order valence-electron chi connectivity index (χ3n) is 4.10. The molecule has 0 aliphatic carbocycles. The van der Waals surface area contributed by atoms with Gasteiger partial charge in [-0.25, -0.2) is 0 Å². The van der Waals surface area contributed by atoms with Crippen LogP contribution in [0.15, 0.2) is 47.5 Å². The molecule has 26 heavy (non-hydrogen) atoms. The molecule has 6 heteroatoms. The molecule has 2 nitrogen and oxygen atoms in total. The summed E-state index contributed by atoms with van der Waals surface area (Å²) in [5.74, 6) is -0.0601. The van der Waals surface area contributed by atoms with Crippen molar-refractivity contribution in [3.63, 3.8) is 0 Å². The van der Waals surface area contributed by atoms with E-state index in [4.69, 9.17) is 46.4 Å². The van der Waals surface area contributed by atoms with E-state index in [9.17, 15) is 4.79 Å². The van der Waals surface area contributed by atoms with Crippen LogP contribution in [-0.4, -0.2) is 30.8 Å². The topological polar surface area (TPSA) is 20.3 Å². The van der Waals surface area contributed by atoms with Gasteiger partial charge in [-0.3, -0.25) is 9.69 Å². The summed E-state index contributed by atoms with van der Waals surface area (Å²) >= 11 is 24.9. The van der Waals surface area contributed by atoms with Gasteiger partial charge in [-0.05, 0) is 43.5 Å². The fraction of sp³-hybridized carbons (Fsp3) is 0.150. The zero-order valence-corrected chi connectivity index (χ0v) is 16.9. The standard InChI is InChI=1S/C20H15Cl4NO/c1-25-10-12(8-14-16(21)4-2-5-17(14)22)20(26)13(11-25)9-15-18(23)6-3-7-19(15)24/h2-9H,10-11H2,1H3. The molecule has 0 saturated carbocycles. The Kier molecular flexibility index (Phi) is 6.11. The van der Waals surface area contributed by atoms with Gasteiger partial charge in [0.05, 0.1) is 0 Å². The molecular weight excluding hydrogens is 412 g/mol. The highest BCUT2D eigenvalue weighted by Gasteiger charge is 2.25. The largest absolute Gasteiger partial charge is 0.298 e. The van der Waals surface area contributed by atoms with E-state index in [1.807, 2.05) is 11.9 Å². The molecule has 1 heterocycles. The average Bonchev–Trinajstić information content (AvgIpc) is 2.58. The molecule has 0 N–H and O–H groups in total. The number of ketones is 1. The second-order valence-corrected chi connectivity index (χ2v) is 7.74. The lowest BCUT2D eigenvalue weighted by atomic mass is 9.94. The van der Waals surface area contributed by atoms with E-state index >= 15 is 0 Å². The Labute approximate surface area is 172 Å². The molecule has 0 aromatic heterocycles. The summed E-state index contributed by atoms with van der Waals surface area (Å²) < 4.78 is 0. The van der Waals surface area contributed by atoms with Crippen LogP contribution in [-0.2, 0) is 4.79 Å². The Morgan fingerprint density at radius 3 is 1.46 bits per heavy atom. The fourth-order valence-corrected chi connectivity index (χ4v) is 3.87. The van der Waals surface area contributed by atoms with Crippen molar-refractivity contribution in [2.45, 2.75) is 0 Å². The minimum Gasteiger partial charge on any atom is -0.298 e. The summed E-state index contributed by atoms with van der Waals surface area (Å²) in [5, 5.41) is 2.02. The first-order valence-corrected chi connectivity index (χ1v) is 9.40. The lowest BCUT2D eigenvalue weighted by molar-refractivity contribution is -0.113. The molecule has 1 aliphatic rings. The van der Waals surface area contributed by atoms with Gasteiger partial charge in [-0.15, -0.1) is 0 Å². The average molecular weight is 427 g/mol. The maximum absolute atomic E-state index is 13.0. The third-order valence-corrected chi connectivity index (χ3v) is 5.42. The van der Waals surface area contributed by atoms with Crippen molar-refractivity contribution in [3.05, 3.63) is 78.8 Å². The number of halogens is 4. The van der Waals surface area contributed by atoms with Gasteiger partial charge in [-0.1, -0.05) is 58.5 Å². The second-order valence-electron chi connectivity index (χ2n) is 6.11. The molecule has 2 aromatic rings. The van der Waals surface area contributed by atoms with Crippen molar-refractivity contribution in [1.29, 1.82) is 0 Å². The van der Waals surface area contributed by atoms with Gasteiger partial charge >= 0.3 is 0 Å². The van der Waals surface area contributed by atoms with Crippen LogP contribution in [0.5, 0.6) is 0 Å². The van der Waals surface area contributed by atoms with Crippen molar-refractivity contribution >= 4 is 64.3 Å². The lowest BCUT2D eigenvalue weighted by Gasteiger charge is -2.26. The van der Waals surface area contributed by atoms with Crippen LogP contribution in [0.25, 0.3) is 12.2 Å². The number of rotatable bonds is 2. The number of piperidine rings is 1. The Bertz CT molecular complexity index is 819. The maximum Gasteiger partial charge on any atom is 0.187 e. The SMILES string of the molecule is CN1CC(=Cc2c(Cl)cccc2Cl)C(=O)C(=Cc2c(Cl)cccc2Cl)C1. The van der Waals surface area contributed by atoms with Crippen LogP contribution in [0.3, 0.4) is 0 Å².